The van der Waals surface area contributed by atoms with E-state index >= 15 is 0 Å². The van der Waals surface area contributed by atoms with Crippen LogP contribution in [0.4, 0.5) is 0 Å². The van der Waals surface area contributed by atoms with Crippen molar-refractivity contribution in [3.8, 4) is 0 Å². The standard InChI is InChI=1S/C24H44O3S/c1-5-7-15-24(6-2)17-28(25,26)22-14-13-20(27-4)16-21(22)23(18(24)3)19-11-9-8-10-12-19/h18-23H,5-17H2,1-4H3. The van der Waals surface area contributed by atoms with Gasteiger partial charge < -0.3 is 4.74 Å². The van der Waals surface area contributed by atoms with Gasteiger partial charge in [0.1, 0.15) is 0 Å². The Labute approximate surface area is 174 Å². The second kappa shape index (κ2) is 9.37. The van der Waals surface area contributed by atoms with E-state index < -0.39 is 9.84 Å². The van der Waals surface area contributed by atoms with Crippen LogP contribution in [0, 0.1) is 29.1 Å². The molecule has 1 aliphatic heterocycles. The summed E-state index contributed by atoms with van der Waals surface area (Å²) in [5.41, 5.74) is -0.0309. The second-order valence-electron chi connectivity index (χ2n) is 10.3. The molecule has 0 spiro atoms. The molecule has 3 fully saturated rings. The van der Waals surface area contributed by atoms with Crippen molar-refractivity contribution in [2.45, 2.75) is 109 Å². The molecule has 0 bridgehead atoms. The number of methoxy groups -OCH3 is 1. The highest BCUT2D eigenvalue weighted by molar-refractivity contribution is 7.92. The maximum Gasteiger partial charge on any atom is 0.154 e. The first-order valence-corrected chi connectivity index (χ1v) is 13.8. The van der Waals surface area contributed by atoms with Gasteiger partial charge in [0.05, 0.1) is 17.1 Å². The largest absolute Gasteiger partial charge is 0.381 e. The van der Waals surface area contributed by atoms with Gasteiger partial charge >= 0.3 is 0 Å². The summed E-state index contributed by atoms with van der Waals surface area (Å²) in [7, 11) is -1.25. The van der Waals surface area contributed by atoms with Gasteiger partial charge in [-0.3, -0.25) is 0 Å². The van der Waals surface area contributed by atoms with Crippen molar-refractivity contribution in [3.05, 3.63) is 0 Å². The Bertz CT molecular complexity index is 595. The van der Waals surface area contributed by atoms with Crippen LogP contribution in [0.25, 0.3) is 0 Å². The quantitative estimate of drug-likeness (QED) is 0.536. The maximum absolute atomic E-state index is 13.7. The zero-order chi connectivity index (χ0) is 20.4. The SMILES string of the molecule is CCCCC1(CC)CS(=O)(=O)C2CCC(OC)CC2C(C2CCCCC2)C1C. The Hall–Kier alpha value is -0.0900. The fraction of sp³-hybridized carbons (Fsp3) is 1.00. The molecule has 2 aliphatic carbocycles. The highest BCUT2D eigenvalue weighted by atomic mass is 32.2. The summed E-state index contributed by atoms with van der Waals surface area (Å²) in [6, 6.07) is 0. The van der Waals surface area contributed by atoms with Gasteiger partial charge in [0.15, 0.2) is 9.84 Å². The molecule has 1 heterocycles. The summed E-state index contributed by atoms with van der Waals surface area (Å²) in [4.78, 5) is 0. The predicted octanol–water partition coefficient (Wildman–Crippen LogP) is 6.02. The van der Waals surface area contributed by atoms with Crippen molar-refractivity contribution in [3.63, 3.8) is 0 Å². The summed E-state index contributed by atoms with van der Waals surface area (Å²) in [6.45, 7) is 6.93. The van der Waals surface area contributed by atoms with E-state index in [0.29, 0.717) is 29.4 Å². The van der Waals surface area contributed by atoms with E-state index in [1.165, 1.54) is 32.1 Å². The Morgan fingerprint density at radius 3 is 2.36 bits per heavy atom. The van der Waals surface area contributed by atoms with Crippen molar-refractivity contribution >= 4 is 9.84 Å². The van der Waals surface area contributed by atoms with Crippen LogP contribution in [-0.4, -0.2) is 32.6 Å². The van der Waals surface area contributed by atoms with Crippen molar-refractivity contribution in [2.75, 3.05) is 12.9 Å². The van der Waals surface area contributed by atoms with E-state index in [1.807, 2.05) is 7.11 Å². The van der Waals surface area contributed by atoms with Crippen LogP contribution in [-0.2, 0) is 14.6 Å². The lowest BCUT2D eigenvalue weighted by atomic mass is 9.57. The third kappa shape index (κ3) is 4.33. The third-order valence-corrected chi connectivity index (χ3v) is 11.5. The summed E-state index contributed by atoms with van der Waals surface area (Å²) >= 11 is 0. The maximum atomic E-state index is 13.7. The van der Waals surface area contributed by atoms with Crippen molar-refractivity contribution in [1.29, 1.82) is 0 Å². The molecule has 0 aromatic rings. The molecule has 2 saturated carbocycles. The van der Waals surface area contributed by atoms with Crippen molar-refractivity contribution < 1.29 is 13.2 Å². The fourth-order valence-corrected chi connectivity index (χ4v) is 10.3. The van der Waals surface area contributed by atoms with Gasteiger partial charge in [-0.15, -0.1) is 0 Å². The minimum absolute atomic E-state index is 0.0309. The van der Waals surface area contributed by atoms with Gasteiger partial charge in [-0.05, 0) is 61.2 Å². The topological polar surface area (TPSA) is 43.4 Å². The Morgan fingerprint density at radius 2 is 1.75 bits per heavy atom. The lowest BCUT2D eigenvalue weighted by Crippen LogP contribution is -2.44. The van der Waals surface area contributed by atoms with Crippen LogP contribution >= 0.6 is 0 Å². The van der Waals surface area contributed by atoms with Gasteiger partial charge in [-0.2, -0.15) is 0 Å². The lowest BCUT2D eigenvalue weighted by Gasteiger charge is -2.48. The summed E-state index contributed by atoms with van der Waals surface area (Å²) in [5.74, 6) is 2.49. The Balaban J connectivity index is 2.04. The third-order valence-electron chi connectivity index (χ3n) is 9.03. The van der Waals surface area contributed by atoms with Gasteiger partial charge in [-0.25, -0.2) is 8.42 Å². The summed E-state index contributed by atoms with van der Waals surface area (Å²) in [6.07, 6.45) is 14.0. The molecule has 164 valence electrons. The van der Waals surface area contributed by atoms with E-state index in [2.05, 4.69) is 20.8 Å². The smallest absolute Gasteiger partial charge is 0.154 e. The van der Waals surface area contributed by atoms with Crippen LogP contribution in [0.1, 0.15) is 97.8 Å². The number of sulfone groups is 1. The van der Waals surface area contributed by atoms with Crippen LogP contribution < -0.4 is 0 Å². The van der Waals surface area contributed by atoms with Crippen molar-refractivity contribution in [1.82, 2.24) is 0 Å². The normalized spacial score (nSPS) is 41.9. The first-order chi connectivity index (χ1) is 13.4. The number of ether oxygens (including phenoxy) is 1. The molecule has 3 nitrogen and oxygen atoms in total. The van der Waals surface area contributed by atoms with E-state index in [9.17, 15) is 8.42 Å². The van der Waals surface area contributed by atoms with E-state index in [1.54, 1.807) is 0 Å². The molecule has 0 N–H and O–H groups in total. The van der Waals surface area contributed by atoms with E-state index in [-0.39, 0.29) is 16.8 Å². The molecule has 4 heteroatoms. The molecular weight excluding hydrogens is 368 g/mol. The minimum Gasteiger partial charge on any atom is -0.381 e. The molecule has 0 aromatic carbocycles. The van der Waals surface area contributed by atoms with Crippen LogP contribution in [0.3, 0.4) is 0 Å². The second-order valence-corrected chi connectivity index (χ2v) is 12.5. The van der Waals surface area contributed by atoms with Gasteiger partial charge in [0.2, 0.25) is 0 Å². The van der Waals surface area contributed by atoms with E-state index in [0.717, 1.165) is 44.9 Å². The van der Waals surface area contributed by atoms with Gasteiger partial charge in [-0.1, -0.05) is 65.7 Å². The Kier molecular flexibility index (Phi) is 7.56. The molecule has 0 radical (unpaired) electrons. The summed E-state index contributed by atoms with van der Waals surface area (Å²) in [5, 5.41) is -0.122. The highest BCUT2D eigenvalue weighted by Gasteiger charge is 2.55. The van der Waals surface area contributed by atoms with Crippen LogP contribution in [0.2, 0.25) is 0 Å². The number of hydrogen-bond acceptors (Lipinski definition) is 3. The molecule has 0 amide bonds. The van der Waals surface area contributed by atoms with E-state index in [4.69, 9.17) is 4.74 Å². The average molecular weight is 413 g/mol. The number of rotatable bonds is 6. The summed E-state index contributed by atoms with van der Waals surface area (Å²) < 4.78 is 33.2. The number of hydrogen-bond donors (Lipinski definition) is 0. The minimum atomic E-state index is -3.06. The molecule has 0 aromatic heterocycles. The lowest BCUT2D eigenvalue weighted by molar-refractivity contribution is -0.0123. The molecule has 3 rings (SSSR count). The monoisotopic (exact) mass is 412 g/mol. The molecule has 6 unspecified atom stereocenters. The van der Waals surface area contributed by atoms with Crippen molar-refractivity contribution in [2.24, 2.45) is 29.1 Å². The fourth-order valence-electron chi connectivity index (χ4n) is 7.33. The number of fused-ring (bicyclic) bond motifs is 1. The Morgan fingerprint density at radius 1 is 1.04 bits per heavy atom. The predicted molar refractivity (Wildman–Crippen MR) is 117 cm³/mol. The molecule has 28 heavy (non-hydrogen) atoms. The average Bonchev–Trinajstić information content (AvgIpc) is 2.78. The van der Waals surface area contributed by atoms with Gasteiger partial charge in [0, 0.05) is 7.11 Å². The zero-order valence-electron chi connectivity index (χ0n) is 18.8. The first kappa shape index (κ1) is 22.6. The molecule has 3 aliphatic rings. The molecular formula is C24H44O3S. The van der Waals surface area contributed by atoms with Crippen LogP contribution in [0.15, 0.2) is 0 Å². The van der Waals surface area contributed by atoms with Gasteiger partial charge in [0.25, 0.3) is 0 Å². The molecule has 1 saturated heterocycles. The zero-order valence-corrected chi connectivity index (χ0v) is 19.6. The first-order valence-electron chi connectivity index (χ1n) is 12.1. The molecule has 6 atom stereocenters. The number of unbranched alkanes of at least 4 members (excludes halogenated alkanes) is 1. The highest BCUT2D eigenvalue weighted by Crippen LogP contribution is 2.56. The van der Waals surface area contributed by atoms with Crippen LogP contribution in [0.5, 0.6) is 0 Å².